The van der Waals surface area contributed by atoms with Crippen LogP contribution < -0.4 is 21.3 Å². The Bertz CT molecular complexity index is 1100. The van der Waals surface area contributed by atoms with E-state index in [-0.39, 0.29) is 36.8 Å². The predicted molar refractivity (Wildman–Crippen MR) is 108 cm³/mol. The highest BCUT2D eigenvalue weighted by Crippen LogP contribution is 2.17. The van der Waals surface area contributed by atoms with E-state index in [2.05, 4.69) is 15.3 Å². The predicted octanol–water partition coefficient (Wildman–Crippen LogP) is -0.0357. The Morgan fingerprint density at radius 2 is 1.93 bits per heavy atom. The first-order valence-electron chi connectivity index (χ1n) is 9.25. The summed E-state index contributed by atoms with van der Waals surface area (Å²) in [4.78, 5) is 30.8. The van der Waals surface area contributed by atoms with Crippen LogP contribution in [0.2, 0.25) is 0 Å². The van der Waals surface area contributed by atoms with Gasteiger partial charge in [-0.1, -0.05) is 17.7 Å². The lowest BCUT2D eigenvalue weighted by molar-refractivity contribution is 0.0938. The summed E-state index contributed by atoms with van der Waals surface area (Å²) < 4.78 is 8.31. The molecule has 0 saturated carbocycles. The smallest absolute Gasteiger partial charge is 0.329 e. The zero-order valence-electron chi connectivity index (χ0n) is 16.5. The molecule has 0 saturated heterocycles. The van der Waals surface area contributed by atoms with Gasteiger partial charge in [0.2, 0.25) is 5.95 Å². The second kappa shape index (κ2) is 8.50. The minimum Gasteiger partial charge on any atom is -0.491 e. The molecule has 29 heavy (non-hydrogen) atoms. The largest absolute Gasteiger partial charge is 0.491 e. The molecule has 0 unspecified atom stereocenters. The molecule has 0 radical (unpaired) electrons. The number of aliphatic hydroxyl groups is 2. The van der Waals surface area contributed by atoms with Gasteiger partial charge in [0.05, 0.1) is 12.6 Å². The zero-order valence-corrected chi connectivity index (χ0v) is 16.5. The molecule has 0 spiro atoms. The van der Waals surface area contributed by atoms with Gasteiger partial charge in [-0.15, -0.1) is 0 Å². The maximum Gasteiger partial charge on any atom is 0.329 e. The number of benzene rings is 1. The van der Waals surface area contributed by atoms with Crippen molar-refractivity contribution in [3.05, 3.63) is 50.7 Å². The SMILES string of the molecule is Cc1ccc(OC[C@H](O)Cn2c(NC[C@H](C)O)nc3c2c(=O)[nH]c(=O)n3C)cc1. The van der Waals surface area contributed by atoms with Crippen molar-refractivity contribution < 1.29 is 14.9 Å². The van der Waals surface area contributed by atoms with Crippen LogP contribution in [0.25, 0.3) is 11.2 Å². The van der Waals surface area contributed by atoms with Gasteiger partial charge in [0.15, 0.2) is 11.2 Å². The normalized spacial score (nSPS) is 13.4. The van der Waals surface area contributed by atoms with Gasteiger partial charge < -0.3 is 24.8 Å². The zero-order chi connectivity index (χ0) is 21.1. The molecule has 1 aromatic carbocycles. The van der Waals surface area contributed by atoms with Crippen LogP contribution in [-0.4, -0.2) is 54.7 Å². The fraction of sp³-hybridized carbons (Fsp3) is 0.421. The number of nitrogens with one attached hydrogen (secondary N) is 2. The summed E-state index contributed by atoms with van der Waals surface area (Å²) in [5, 5.41) is 23.0. The van der Waals surface area contributed by atoms with Gasteiger partial charge in [-0.3, -0.25) is 14.3 Å². The van der Waals surface area contributed by atoms with E-state index < -0.39 is 23.5 Å². The van der Waals surface area contributed by atoms with E-state index in [4.69, 9.17) is 4.74 Å². The molecular formula is C19H25N5O5. The van der Waals surface area contributed by atoms with E-state index in [1.165, 1.54) is 16.2 Å². The van der Waals surface area contributed by atoms with Gasteiger partial charge in [0.1, 0.15) is 18.5 Å². The Hall–Kier alpha value is -3.11. The number of aliphatic hydroxyl groups excluding tert-OH is 2. The Morgan fingerprint density at radius 1 is 1.24 bits per heavy atom. The van der Waals surface area contributed by atoms with Crippen LogP contribution >= 0.6 is 0 Å². The highest BCUT2D eigenvalue weighted by atomic mass is 16.5. The molecule has 0 bridgehead atoms. The van der Waals surface area contributed by atoms with Crippen LogP contribution in [-0.2, 0) is 13.6 Å². The number of hydrogen-bond acceptors (Lipinski definition) is 7. The van der Waals surface area contributed by atoms with E-state index in [9.17, 15) is 19.8 Å². The third kappa shape index (κ3) is 4.66. The number of imidazole rings is 1. The molecule has 10 heteroatoms. The fourth-order valence-corrected chi connectivity index (χ4v) is 2.88. The van der Waals surface area contributed by atoms with Crippen molar-refractivity contribution in [2.45, 2.75) is 32.6 Å². The third-order valence-corrected chi connectivity index (χ3v) is 4.42. The third-order valence-electron chi connectivity index (χ3n) is 4.42. The Balaban J connectivity index is 1.88. The summed E-state index contributed by atoms with van der Waals surface area (Å²) in [6.07, 6.45) is -1.60. The van der Waals surface area contributed by atoms with E-state index in [1.54, 1.807) is 6.92 Å². The summed E-state index contributed by atoms with van der Waals surface area (Å²) in [6.45, 7) is 3.77. The number of ether oxygens (including phenoxy) is 1. The van der Waals surface area contributed by atoms with E-state index >= 15 is 0 Å². The maximum atomic E-state index is 12.4. The van der Waals surface area contributed by atoms with Crippen LogP contribution in [0.3, 0.4) is 0 Å². The number of hydrogen-bond donors (Lipinski definition) is 4. The number of rotatable bonds is 8. The minimum atomic E-state index is -0.947. The minimum absolute atomic E-state index is 0.00223. The van der Waals surface area contributed by atoms with Crippen LogP contribution in [0.15, 0.2) is 33.9 Å². The molecule has 0 aliphatic heterocycles. The number of aryl methyl sites for hydroxylation is 2. The van der Waals surface area contributed by atoms with Gasteiger partial charge in [-0.05, 0) is 26.0 Å². The quantitative estimate of drug-likeness (QED) is 0.415. The van der Waals surface area contributed by atoms with Gasteiger partial charge in [-0.25, -0.2) is 4.79 Å². The fourth-order valence-electron chi connectivity index (χ4n) is 2.88. The summed E-state index contributed by atoms with van der Waals surface area (Å²) in [5.74, 6) is 0.889. The topological polar surface area (TPSA) is 134 Å². The molecule has 156 valence electrons. The number of fused-ring (bicyclic) bond motifs is 1. The van der Waals surface area contributed by atoms with Crippen molar-refractivity contribution in [3.63, 3.8) is 0 Å². The number of H-pyrrole nitrogens is 1. The molecule has 0 aliphatic rings. The standard InChI is InChI=1S/C19H25N5O5/c1-11-4-6-14(7-5-11)29-10-13(26)9-24-15-16(21-18(24)20-8-12(2)25)23(3)19(28)22-17(15)27/h4-7,12-13,25-26H,8-10H2,1-3H3,(H,20,21)(H,22,27,28)/t12-,13+/m0/s1. The van der Waals surface area contributed by atoms with Crippen molar-refractivity contribution in [1.82, 2.24) is 19.1 Å². The molecule has 3 rings (SSSR count). The van der Waals surface area contributed by atoms with Crippen molar-refractivity contribution in [3.8, 4) is 5.75 Å². The summed E-state index contributed by atoms with van der Waals surface area (Å²) in [7, 11) is 1.49. The average molecular weight is 403 g/mol. The molecule has 4 N–H and O–H groups in total. The molecule has 2 heterocycles. The highest BCUT2D eigenvalue weighted by Gasteiger charge is 2.20. The lowest BCUT2D eigenvalue weighted by atomic mass is 10.2. The lowest BCUT2D eigenvalue weighted by Crippen LogP contribution is -2.31. The lowest BCUT2D eigenvalue weighted by Gasteiger charge is -2.16. The van der Waals surface area contributed by atoms with Gasteiger partial charge in [0.25, 0.3) is 5.56 Å². The summed E-state index contributed by atoms with van der Waals surface area (Å²) >= 11 is 0. The Morgan fingerprint density at radius 3 is 2.59 bits per heavy atom. The summed E-state index contributed by atoms with van der Waals surface area (Å²) in [5.41, 5.74) is 0.236. The van der Waals surface area contributed by atoms with Gasteiger partial charge >= 0.3 is 5.69 Å². The molecule has 0 amide bonds. The monoisotopic (exact) mass is 403 g/mol. The van der Waals surface area contributed by atoms with Crippen molar-refractivity contribution >= 4 is 17.1 Å². The van der Waals surface area contributed by atoms with E-state index in [0.717, 1.165) is 5.56 Å². The van der Waals surface area contributed by atoms with Crippen LogP contribution in [0.4, 0.5) is 5.95 Å². The van der Waals surface area contributed by atoms with Crippen molar-refractivity contribution in [2.75, 3.05) is 18.5 Å². The number of nitrogens with zero attached hydrogens (tertiary/aromatic N) is 3. The van der Waals surface area contributed by atoms with Crippen molar-refractivity contribution in [1.29, 1.82) is 0 Å². The van der Waals surface area contributed by atoms with E-state index in [1.807, 2.05) is 31.2 Å². The Labute approximate surface area is 166 Å². The molecule has 0 aliphatic carbocycles. The molecule has 0 fully saturated rings. The number of aromatic amines is 1. The number of aromatic nitrogens is 4. The van der Waals surface area contributed by atoms with Crippen LogP contribution in [0, 0.1) is 6.92 Å². The molecule has 2 aromatic heterocycles. The van der Waals surface area contributed by atoms with Crippen LogP contribution in [0.5, 0.6) is 5.75 Å². The average Bonchev–Trinajstić information content (AvgIpc) is 3.03. The molecule has 10 nitrogen and oxygen atoms in total. The van der Waals surface area contributed by atoms with Gasteiger partial charge in [0, 0.05) is 13.6 Å². The number of anilines is 1. The Kier molecular flexibility index (Phi) is 6.04. The highest BCUT2D eigenvalue weighted by molar-refractivity contribution is 5.74. The summed E-state index contributed by atoms with van der Waals surface area (Å²) in [6, 6.07) is 7.43. The van der Waals surface area contributed by atoms with E-state index in [0.29, 0.717) is 5.75 Å². The first kappa shape index (κ1) is 20.6. The molecule has 3 aromatic rings. The first-order chi connectivity index (χ1) is 13.8. The second-order valence-electron chi connectivity index (χ2n) is 7.04. The molecular weight excluding hydrogens is 378 g/mol. The first-order valence-corrected chi connectivity index (χ1v) is 9.25. The van der Waals surface area contributed by atoms with Crippen molar-refractivity contribution in [2.24, 2.45) is 7.05 Å². The van der Waals surface area contributed by atoms with Gasteiger partial charge in [-0.2, -0.15) is 4.98 Å². The maximum absolute atomic E-state index is 12.4. The van der Waals surface area contributed by atoms with Crippen LogP contribution in [0.1, 0.15) is 12.5 Å². The molecule has 2 atom stereocenters. The second-order valence-corrected chi connectivity index (χ2v) is 7.04.